The molecule has 0 bridgehead atoms. The predicted molar refractivity (Wildman–Crippen MR) is 111 cm³/mol. The summed E-state index contributed by atoms with van der Waals surface area (Å²) in [5.41, 5.74) is 3.20. The van der Waals surface area contributed by atoms with E-state index < -0.39 is 10.0 Å². The Hall–Kier alpha value is -2.76. The summed E-state index contributed by atoms with van der Waals surface area (Å²) in [6, 6.07) is 1.89. The number of hydrogen-bond acceptors (Lipinski definition) is 7. The van der Waals surface area contributed by atoms with Gasteiger partial charge in [-0.3, -0.25) is 9.08 Å². The molecule has 0 amide bonds. The summed E-state index contributed by atoms with van der Waals surface area (Å²) in [6.07, 6.45) is 10.8. The van der Waals surface area contributed by atoms with Gasteiger partial charge in [-0.25, -0.2) is 23.1 Å². The van der Waals surface area contributed by atoms with Gasteiger partial charge >= 0.3 is 0 Å². The van der Waals surface area contributed by atoms with E-state index in [1.54, 1.807) is 30.2 Å². The molecule has 9 nitrogen and oxygen atoms in total. The van der Waals surface area contributed by atoms with Crippen LogP contribution in [-0.4, -0.2) is 38.6 Å². The third-order valence-corrected chi connectivity index (χ3v) is 7.99. The summed E-state index contributed by atoms with van der Waals surface area (Å²) in [4.78, 5) is 8.90. The largest absolute Gasteiger partial charge is 0.329 e. The second-order valence-corrected chi connectivity index (χ2v) is 10.1. The van der Waals surface area contributed by atoms with Crippen LogP contribution in [0.4, 0.5) is 10.8 Å². The summed E-state index contributed by atoms with van der Waals surface area (Å²) in [5.74, 6) is 0.558. The molecule has 0 spiro atoms. The standard InChI is InChI=1S/C18H19N7O2S2/c1-11-7-15(28-18(11)29(26,27)23-13-3-4-13)22-16-17-20-9-14(25(17)6-5-19-16)12-8-21-24(2)10-12/h5-10,13,23H,3-4H2,1-2H3,(H,19,22). The van der Waals surface area contributed by atoms with Crippen molar-refractivity contribution in [3.8, 4) is 11.3 Å². The summed E-state index contributed by atoms with van der Waals surface area (Å²) in [5, 5.41) is 8.14. The molecule has 0 atom stereocenters. The highest BCUT2D eigenvalue weighted by atomic mass is 32.2. The highest BCUT2D eigenvalue weighted by Crippen LogP contribution is 2.34. The van der Waals surface area contributed by atoms with Crippen LogP contribution in [0.3, 0.4) is 0 Å². The minimum absolute atomic E-state index is 0.0733. The fourth-order valence-corrected chi connectivity index (χ4v) is 6.08. The van der Waals surface area contributed by atoms with Crippen LogP contribution in [0.15, 0.2) is 41.3 Å². The second kappa shape index (κ2) is 6.65. The minimum Gasteiger partial charge on any atom is -0.329 e. The summed E-state index contributed by atoms with van der Waals surface area (Å²) >= 11 is 1.19. The van der Waals surface area contributed by atoms with E-state index in [2.05, 4.69) is 25.1 Å². The Balaban J connectivity index is 1.48. The van der Waals surface area contributed by atoms with E-state index in [1.165, 1.54) is 11.3 Å². The molecule has 2 N–H and O–H groups in total. The maximum Gasteiger partial charge on any atom is 0.250 e. The number of rotatable bonds is 6. The predicted octanol–water partition coefficient (Wildman–Crippen LogP) is 2.68. The van der Waals surface area contributed by atoms with Crippen molar-refractivity contribution in [2.45, 2.75) is 30.0 Å². The Morgan fingerprint density at radius 2 is 2.07 bits per heavy atom. The number of aryl methyl sites for hydroxylation is 2. The van der Waals surface area contributed by atoms with Crippen molar-refractivity contribution in [1.82, 2.24) is 28.9 Å². The normalized spacial score (nSPS) is 14.6. The number of hydrogen-bond donors (Lipinski definition) is 2. The number of imidazole rings is 1. The highest BCUT2D eigenvalue weighted by molar-refractivity contribution is 7.91. The molecule has 0 saturated heterocycles. The van der Waals surface area contributed by atoms with Crippen LogP contribution in [0.1, 0.15) is 18.4 Å². The first-order valence-corrected chi connectivity index (χ1v) is 11.4. The van der Waals surface area contributed by atoms with Gasteiger partial charge in [-0.1, -0.05) is 0 Å². The molecule has 0 radical (unpaired) electrons. The molecule has 0 unspecified atom stereocenters. The van der Waals surface area contributed by atoms with Gasteiger partial charge in [-0.2, -0.15) is 5.10 Å². The van der Waals surface area contributed by atoms with E-state index in [1.807, 2.05) is 29.9 Å². The van der Waals surface area contributed by atoms with E-state index in [4.69, 9.17) is 0 Å². The molecule has 4 heterocycles. The van der Waals surface area contributed by atoms with Gasteiger partial charge in [0.1, 0.15) is 4.21 Å². The lowest BCUT2D eigenvalue weighted by Gasteiger charge is -2.05. The van der Waals surface area contributed by atoms with E-state index >= 15 is 0 Å². The number of anilines is 2. The van der Waals surface area contributed by atoms with Crippen molar-refractivity contribution < 1.29 is 8.42 Å². The third kappa shape index (κ3) is 3.41. The fraction of sp³-hybridized carbons (Fsp3) is 0.278. The number of fused-ring (bicyclic) bond motifs is 1. The highest BCUT2D eigenvalue weighted by Gasteiger charge is 2.30. The van der Waals surface area contributed by atoms with Crippen LogP contribution >= 0.6 is 11.3 Å². The Labute approximate surface area is 171 Å². The topological polar surface area (TPSA) is 106 Å². The average molecular weight is 430 g/mol. The van der Waals surface area contributed by atoms with Gasteiger partial charge in [0.2, 0.25) is 0 Å². The SMILES string of the molecule is Cc1cc(Nc2nccn3c(-c4cnn(C)c4)cnc23)sc1S(=O)(=O)NC1CC1. The molecule has 1 aliphatic carbocycles. The zero-order chi connectivity index (χ0) is 20.2. The molecule has 29 heavy (non-hydrogen) atoms. The molecule has 1 fully saturated rings. The summed E-state index contributed by atoms with van der Waals surface area (Å²) in [6.45, 7) is 1.80. The number of nitrogens with zero attached hydrogens (tertiary/aromatic N) is 5. The Morgan fingerprint density at radius 1 is 1.24 bits per heavy atom. The smallest absolute Gasteiger partial charge is 0.250 e. The van der Waals surface area contributed by atoms with Crippen LogP contribution in [-0.2, 0) is 17.1 Å². The van der Waals surface area contributed by atoms with Crippen LogP contribution in [0.25, 0.3) is 16.9 Å². The van der Waals surface area contributed by atoms with Crippen molar-refractivity contribution in [2.75, 3.05) is 5.32 Å². The molecule has 11 heteroatoms. The Bertz CT molecular complexity index is 1320. The van der Waals surface area contributed by atoms with E-state index in [9.17, 15) is 8.42 Å². The van der Waals surface area contributed by atoms with E-state index in [-0.39, 0.29) is 6.04 Å². The maximum atomic E-state index is 12.6. The fourth-order valence-electron chi connectivity index (χ4n) is 3.16. The van der Waals surface area contributed by atoms with Gasteiger partial charge in [0, 0.05) is 37.2 Å². The quantitative estimate of drug-likeness (QED) is 0.488. The number of sulfonamides is 1. The van der Waals surface area contributed by atoms with Crippen molar-refractivity contribution >= 4 is 37.8 Å². The van der Waals surface area contributed by atoms with Crippen molar-refractivity contribution in [2.24, 2.45) is 7.05 Å². The van der Waals surface area contributed by atoms with Crippen molar-refractivity contribution in [3.05, 3.63) is 42.6 Å². The zero-order valence-electron chi connectivity index (χ0n) is 15.8. The zero-order valence-corrected chi connectivity index (χ0v) is 17.5. The molecular weight excluding hydrogens is 410 g/mol. The lowest BCUT2D eigenvalue weighted by Crippen LogP contribution is -2.25. The molecule has 150 valence electrons. The minimum atomic E-state index is -3.49. The molecule has 1 saturated carbocycles. The molecule has 0 aromatic carbocycles. The molecule has 4 aromatic heterocycles. The first-order valence-electron chi connectivity index (χ1n) is 9.11. The lowest BCUT2D eigenvalue weighted by atomic mass is 10.3. The van der Waals surface area contributed by atoms with E-state index in [0.29, 0.717) is 26.2 Å². The van der Waals surface area contributed by atoms with Gasteiger partial charge < -0.3 is 5.32 Å². The molecular formula is C18H19N7O2S2. The van der Waals surface area contributed by atoms with Gasteiger partial charge in [0.25, 0.3) is 10.0 Å². The van der Waals surface area contributed by atoms with Gasteiger partial charge in [0.05, 0.1) is 23.1 Å². The molecule has 0 aliphatic heterocycles. The summed E-state index contributed by atoms with van der Waals surface area (Å²) < 4.78 is 31.9. The van der Waals surface area contributed by atoms with Gasteiger partial charge in [0.15, 0.2) is 11.5 Å². The lowest BCUT2D eigenvalue weighted by molar-refractivity contribution is 0.582. The number of aromatic nitrogens is 5. The van der Waals surface area contributed by atoms with Crippen LogP contribution < -0.4 is 10.0 Å². The third-order valence-electron chi connectivity index (χ3n) is 4.69. The van der Waals surface area contributed by atoms with Gasteiger partial charge in [-0.15, -0.1) is 11.3 Å². The van der Waals surface area contributed by atoms with Crippen LogP contribution in [0, 0.1) is 6.92 Å². The average Bonchev–Trinajstić information content (AvgIpc) is 3.05. The van der Waals surface area contributed by atoms with Crippen LogP contribution in [0.5, 0.6) is 0 Å². The summed E-state index contributed by atoms with van der Waals surface area (Å²) in [7, 11) is -1.63. The molecule has 1 aliphatic rings. The number of nitrogens with one attached hydrogen (secondary N) is 2. The second-order valence-electron chi connectivity index (χ2n) is 7.12. The maximum absolute atomic E-state index is 12.6. The van der Waals surface area contributed by atoms with Crippen molar-refractivity contribution in [3.63, 3.8) is 0 Å². The first kappa shape index (κ1) is 18.3. The molecule has 4 aromatic rings. The van der Waals surface area contributed by atoms with Crippen molar-refractivity contribution in [1.29, 1.82) is 0 Å². The van der Waals surface area contributed by atoms with E-state index in [0.717, 1.165) is 24.1 Å². The van der Waals surface area contributed by atoms with Crippen LogP contribution in [0.2, 0.25) is 0 Å². The first-order chi connectivity index (χ1) is 13.9. The molecule has 5 rings (SSSR count). The number of thiophene rings is 1. The Kier molecular flexibility index (Phi) is 4.19. The van der Waals surface area contributed by atoms with Gasteiger partial charge in [-0.05, 0) is 31.4 Å². The Morgan fingerprint density at radius 3 is 2.79 bits per heavy atom. The monoisotopic (exact) mass is 429 g/mol.